The van der Waals surface area contributed by atoms with Gasteiger partial charge in [0.1, 0.15) is 28.9 Å². The predicted octanol–water partition coefficient (Wildman–Crippen LogP) is 1.27. The normalized spacial score (nSPS) is 14.8. The fraction of sp³-hybridized carbons (Fsp3) is 0.800. The summed E-state index contributed by atoms with van der Waals surface area (Å²) in [4.78, 5) is 50.5. The molecule has 32 heavy (non-hydrogen) atoms. The third-order valence-corrected chi connectivity index (χ3v) is 6.31. The molecule has 0 spiro atoms. The van der Waals surface area contributed by atoms with Gasteiger partial charge in [-0.05, 0) is 62.3 Å². The SMILES string of the molecule is CC(C)(C)OC(=O)[C@@H](N)CSSC(C(=O)OC(C)(C)C)(C(=O)OC(C)(C)C)[C@H](N)C(N)=O. The first kappa shape index (κ1) is 30.5. The highest BCUT2D eigenvalue weighted by atomic mass is 33.1. The van der Waals surface area contributed by atoms with Crippen molar-refractivity contribution in [2.24, 2.45) is 17.2 Å². The van der Waals surface area contributed by atoms with Gasteiger partial charge in [0, 0.05) is 5.75 Å². The molecule has 0 rings (SSSR count). The van der Waals surface area contributed by atoms with Crippen LogP contribution in [0.5, 0.6) is 0 Å². The standard InChI is InChI=1S/C20H37N3O7S2/c1-17(2,3)28-14(25)11(21)10-31-32-20(12(22)13(23)24,15(26)29-18(4,5)6)16(27)30-19(7,8)9/h11-12H,10,21-22H2,1-9H3,(H2,23,24)/t11-,12+/m0/s1. The number of ether oxygens (including phenoxy) is 3. The molecule has 2 atom stereocenters. The molecule has 6 N–H and O–H groups in total. The van der Waals surface area contributed by atoms with E-state index in [1.165, 1.54) is 0 Å². The molecular formula is C20H37N3O7S2. The van der Waals surface area contributed by atoms with Gasteiger partial charge < -0.3 is 31.4 Å². The molecule has 0 aromatic rings. The van der Waals surface area contributed by atoms with Gasteiger partial charge in [0.2, 0.25) is 10.7 Å². The molecule has 0 aliphatic rings. The number of carbonyl (C=O) groups is 4. The topological polar surface area (TPSA) is 174 Å². The summed E-state index contributed by atoms with van der Waals surface area (Å²) in [6.45, 7) is 14.7. The van der Waals surface area contributed by atoms with Gasteiger partial charge in [-0.3, -0.25) is 9.59 Å². The summed E-state index contributed by atoms with van der Waals surface area (Å²) in [5.41, 5.74) is 14.5. The van der Waals surface area contributed by atoms with E-state index in [2.05, 4.69) is 0 Å². The minimum absolute atomic E-state index is 0.0571. The molecule has 0 radical (unpaired) electrons. The van der Waals surface area contributed by atoms with Gasteiger partial charge in [0.05, 0.1) is 0 Å². The molecule has 12 heteroatoms. The third-order valence-electron chi connectivity index (χ3n) is 3.30. The van der Waals surface area contributed by atoms with E-state index in [1.807, 2.05) is 0 Å². The largest absolute Gasteiger partial charge is 0.459 e. The molecule has 0 bridgehead atoms. The monoisotopic (exact) mass is 495 g/mol. The Morgan fingerprint density at radius 1 is 0.750 bits per heavy atom. The fourth-order valence-corrected chi connectivity index (χ4v) is 4.91. The second-order valence-corrected chi connectivity index (χ2v) is 12.7. The number of hydrogen-bond acceptors (Lipinski definition) is 11. The van der Waals surface area contributed by atoms with Gasteiger partial charge in [0.15, 0.2) is 0 Å². The van der Waals surface area contributed by atoms with Crippen LogP contribution in [-0.4, -0.2) is 63.2 Å². The van der Waals surface area contributed by atoms with Crippen molar-refractivity contribution in [1.82, 2.24) is 0 Å². The fourth-order valence-electron chi connectivity index (χ4n) is 2.01. The Morgan fingerprint density at radius 2 is 1.12 bits per heavy atom. The molecule has 0 unspecified atom stereocenters. The summed E-state index contributed by atoms with van der Waals surface area (Å²) in [6, 6.07) is -2.84. The summed E-state index contributed by atoms with van der Waals surface area (Å²) in [5, 5.41) is 0. The van der Waals surface area contributed by atoms with Gasteiger partial charge in [0.25, 0.3) is 0 Å². The van der Waals surface area contributed by atoms with Gasteiger partial charge >= 0.3 is 17.9 Å². The molecule has 1 amide bonds. The van der Waals surface area contributed by atoms with Gasteiger partial charge in [-0.2, -0.15) is 0 Å². The number of nitrogens with two attached hydrogens (primary N) is 3. The minimum atomic E-state index is -2.33. The van der Waals surface area contributed by atoms with E-state index in [0.29, 0.717) is 10.8 Å². The number of carbonyl (C=O) groups excluding carboxylic acids is 4. The van der Waals surface area contributed by atoms with Crippen molar-refractivity contribution in [3.05, 3.63) is 0 Å². The second kappa shape index (κ2) is 11.1. The van der Waals surface area contributed by atoms with Crippen molar-refractivity contribution in [3.63, 3.8) is 0 Å². The summed E-state index contributed by atoms with van der Waals surface area (Å²) in [5.74, 6) is -4.00. The van der Waals surface area contributed by atoms with Gasteiger partial charge in [-0.1, -0.05) is 21.6 Å². The maximum Gasteiger partial charge on any atom is 0.337 e. The lowest BCUT2D eigenvalue weighted by atomic mass is 9.97. The number of amides is 1. The van der Waals surface area contributed by atoms with E-state index < -0.39 is 57.4 Å². The quantitative estimate of drug-likeness (QED) is 0.182. The number of esters is 3. The Morgan fingerprint density at radius 3 is 1.44 bits per heavy atom. The highest BCUT2D eigenvalue weighted by Crippen LogP contribution is 2.42. The van der Waals surface area contributed by atoms with Crippen molar-refractivity contribution < 1.29 is 33.4 Å². The molecule has 0 aliphatic heterocycles. The lowest BCUT2D eigenvalue weighted by Crippen LogP contribution is -2.64. The molecule has 0 saturated carbocycles. The van der Waals surface area contributed by atoms with E-state index in [4.69, 9.17) is 31.4 Å². The zero-order valence-electron chi connectivity index (χ0n) is 20.3. The minimum Gasteiger partial charge on any atom is -0.459 e. The van der Waals surface area contributed by atoms with Gasteiger partial charge in [-0.15, -0.1) is 0 Å². The molecule has 0 aromatic carbocycles. The van der Waals surface area contributed by atoms with Crippen molar-refractivity contribution in [2.45, 2.75) is 95.9 Å². The summed E-state index contributed by atoms with van der Waals surface area (Å²) in [7, 11) is 1.50. The maximum atomic E-state index is 13.2. The number of rotatable bonds is 9. The average molecular weight is 496 g/mol. The van der Waals surface area contributed by atoms with Crippen LogP contribution < -0.4 is 17.2 Å². The van der Waals surface area contributed by atoms with Crippen LogP contribution in [-0.2, 0) is 33.4 Å². The Labute approximate surface area is 197 Å². The van der Waals surface area contributed by atoms with Crippen molar-refractivity contribution in [3.8, 4) is 0 Å². The van der Waals surface area contributed by atoms with Gasteiger partial charge in [-0.25, -0.2) is 9.59 Å². The molecular weight excluding hydrogens is 458 g/mol. The highest BCUT2D eigenvalue weighted by molar-refractivity contribution is 8.77. The molecule has 10 nitrogen and oxygen atoms in total. The Hall–Kier alpha value is -1.50. The van der Waals surface area contributed by atoms with E-state index >= 15 is 0 Å². The lowest BCUT2D eigenvalue weighted by Gasteiger charge is -2.36. The first-order valence-corrected chi connectivity index (χ1v) is 12.2. The zero-order chi connectivity index (χ0) is 25.7. The van der Waals surface area contributed by atoms with Crippen molar-refractivity contribution in [1.29, 1.82) is 0 Å². The van der Waals surface area contributed by atoms with Crippen molar-refractivity contribution in [2.75, 3.05) is 5.75 Å². The molecule has 0 aromatic heterocycles. The van der Waals surface area contributed by atoms with Crippen LogP contribution in [0.25, 0.3) is 0 Å². The first-order chi connectivity index (χ1) is 14.1. The van der Waals surface area contributed by atoms with Crippen LogP contribution in [0, 0.1) is 0 Å². The predicted molar refractivity (Wildman–Crippen MR) is 125 cm³/mol. The highest BCUT2D eigenvalue weighted by Gasteiger charge is 2.59. The molecule has 0 fully saturated rings. The summed E-state index contributed by atoms with van der Waals surface area (Å²) in [6.07, 6.45) is 0. The third kappa shape index (κ3) is 9.97. The Kier molecular flexibility index (Phi) is 10.6. The summed E-state index contributed by atoms with van der Waals surface area (Å²) >= 11 is 0. The molecule has 186 valence electrons. The van der Waals surface area contributed by atoms with Crippen LogP contribution >= 0.6 is 21.6 Å². The van der Waals surface area contributed by atoms with E-state index in [0.717, 1.165) is 10.8 Å². The van der Waals surface area contributed by atoms with E-state index in [1.54, 1.807) is 62.3 Å². The van der Waals surface area contributed by atoms with Crippen LogP contribution in [0.15, 0.2) is 0 Å². The first-order valence-electron chi connectivity index (χ1n) is 9.93. The second-order valence-electron chi connectivity index (χ2n) is 10.1. The van der Waals surface area contributed by atoms with Crippen LogP contribution in [0.2, 0.25) is 0 Å². The van der Waals surface area contributed by atoms with E-state index in [-0.39, 0.29) is 5.75 Å². The number of hydrogen-bond donors (Lipinski definition) is 3. The van der Waals surface area contributed by atoms with Crippen LogP contribution in [0.3, 0.4) is 0 Å². The lowest BCUT2D eigenvalue weighted by molar-refractivity contribution is -0.173. The molecule has 0 aliphatic carbocycles. The Balaban J connectivity index is 6.01. The van der Waals surface area contributed by atoms with Crippen LogP contribution in [0.4, 0.5) is 0 Å². The smallest absolute Gasteiger partial charge is 0.337 e. The Bertz CT molecular complexity index is 681. The summed E-state index contributed by atoms with van der Waals surface area (Å²) < 4.78 is 13.7. The molecule has 0 saturated heterocycles. The maximum absolute atomic E-state index is 13.2. The molecule has 0 heterocycles. The number of primary amides is 1. The average Bonchev–Trinajstić information content (AvgIpc) is 2.52. The zero-order valence-corrected chi connectivity index (χ0v) is 21.9. The van der Waals surface area contributed by atoms with E-state index in [9.17, 15) is 19.2 Å². The van der Waals surface area contributed by atoms with Crippen molar-refractivity contribution >= 4 is 45.4 Å². The van der Waals surface area contributed by atoms with Crippen LogP contribution in [0.1, 0.15) is 62.3 Å².